The number of hydrogen-bond donors (Lipinski definition) is 2. The first-order valence-electron chi connectivity index (χ1n) is 8.92. The predicted molar refractivity (Wildman–Crippen MR) is 97.7 cm³/mol. The second kappa shape index (κ2) is 7.59. The number of aromatic nitrogens is 2. The van der Waals surface area contributed by atoms with Gasteiger partial charge in [0, 0.05) is 23.8 Å². The Bertz CT molecular complexity index is 724. The summed E-state index contributed by atoms with van der Waals surface area (Å²) in [5.41, 5.74) is 3.17. The van der Waals surface area contributed by atoms with Crippen molar-refractivity contribution in [2.75, 3.05) is 11.4 Å². The van der Waals surface area contributed by atoms with Crippen molar-refractivity contribution in [2.24, 2.45) is 0 Å². The molecule has 6 heteroatoms. The van der Waals surface area contributed by atoms with E-state index in [1.54, 1.807) is 0 Å². The van der Waals surface area contributed by atoms with Gasteiger partial charge in [0.1, 0.15) is 5.75 Å². The number of ether oxygens (including phenoxy) is 1. The number of aryl methyl sites for hydroxylation is 1. The molecule has 1 aliphatic heterocycles. The van der Waals surface area contributed by atoms with Crippen molar-refractivity contribution in [3.63, 3.8) is 0 Å². The first kappa shape index (κ1) is 17.3. The minimum absolute atomic E-state index is 0.0443. The molecule has 0 aliphatic carbocycles. The van der Waals surface area contributed by atoms with Crippen LogP contribution in [0.3, 0.4) is 0 Å². The van der Waals surface area contributed by atoms with Crippen molar-refractivity contribution in [1.82, 2.24) is 15.5 Å². The number of anilines is 1. The number of para-hydroxylation sites is 2. The Kier molecular flexibility index (Phi) is 5.26. The van der Waals surface area contributed by atoms with Crippen molar-refractivity contribution < 1.29 is 9.53 Å². The molecule has 25 heavy (non-hydrogen) atoms. The first-order chi connectivity index (χ1) is 12.1. The monoisotopic (exact) mass is 342 g/mol. The third kappa shape index (κ3) is 3.78. The van der Waals surface area contributed by atoms with E-state index in [1.165, 1.54) is 0 Å². The van der Waals surface area contributed by atoms with Crippen LogP contribution in [0.1, 0.15) is 37.9 Å². The molecule has 2 aromatic rings. The largest absolute Gasteiger partial charge is 0.477 e. The van der Waals surface area contributed by atoms with Crippen molar-refractivity contribution in [2.45, 2.75) is 52.3 Å². The highest BCUT2D eigenvalue weighted by Gasteiger charge is 2.31. The second-order valence-electron chi connectivity index (χ2n) is 6.50. The fourth-order valence-electron chi connectivity index (χ4n) is 3.12. The number of nitrogens with one attached hydrogen (secondary N) is 2. The molecule has 0 radical (unpaired) electrons. The van der Waals surface area contributed by atoms with Gasteiger partial charge in [-0.15, -0.1) is 0 Å². The van der Waals surface area contributed by atoms with Gasteiger partial charge in [0.25, 0.3) is 5.91 Å². The van der Waals surface area contributed by atoms with Gasteiger partial charge in [-0.1, -0.05) is 26.0 Å². The number of nitrogens with zero attached hydrogens (tertiary/aromatic N) is 2. The van der Waals surface area contributed by atoms with Crippen molar-refractivity contribution >= 4 is 11.6 Å². The number of rotatable bonds is 6. The number of aromatic amines is 1. The lowest BCUT2D eigenvalue weighted by Crippen LogP contribution is -2.51. The van der Waals surface area contributed by atoms with Gasteiger partial charge in [-0.05, 0) is 31.9 Å². The fraction of sp³-hybridized carbons (Fsp3) is 0.474. The first-order valence-corrected chi connectivity index (χ1v) is 8.92. The number of fused-ring (bicyclic) bond motifs is 1. The highest BCUT2D eigenvalue weighted by molar-refractivity contribution is 5.83. The Morgan fingerprint density at radius 3 is 2.84 bits per heavy atom. The molecule has 134 valence electrons. The molecule has 2 N–H and O–H groups in total. The highest BCUT2D eigenvalue weighted by atomic mass is 16.5. The van der Waals surface area contributed by atoms with Crippen LogP contribution in [0.2, 0.25) is 0 Å². The Morgan fingerprint density at radius 2 is 2.16 bits per heavy atom. The van der Waals surface area contributed by atoms with Crippen molar-refractivity contribution in [3.8, 4) is 5.75 Å². The standard InChI is InChI=1S/C19H26N4O2/c1-4-15(5-2)21-19(24)18-12-23(11-14-10-20-22-13(14)3)16-8-6-7-9-17(16)25-18/h6-10,15,18H,4-5,11-12H2,1-3H3,(H,20,22)(H,21,24). The van der Waals surface area contributed by atoms with Gasteiger partial charge in [-0.2, -0.15) is 5.10 Å². The summed E-state index contributed by atoms with van der Waals surface area (Å²) in [6, 6.07) is 8.06. The summed E-state index contributed by atoms with van der Waals surface area (Å²) < 4.78 is 5.99. The van der Waals surface area contributed by atoms with Crippen LogP contribution in [0.25, 0.3) is 0 Å². The SMILES string of the molecule is CCC(CC)NC(=O)C1CN(Cc2cn[nH]c2C)c2ccccc2O1. The normalized spacial score (nSPS) is 16.5. The van der Waals surface area contributed by atoms with Gasteiger partial charge in [0.2, 0.25) is 0 Å². The average molecular weight is 342 g/mol. The Hall–Kier alpha value is -2.50. The maximum Gasteiger partial charge on any atom is 0.263 e. The number of carbonyl (C=O) groups excluding carboxylic acids is 1. The summed E-state index contributed by atoms with van der Waals surface area (Å²) in [5, 5.41) is 10.2. The Morgan fingerprint density at radius 1 is 1.40 bits per heavy atom. The minimum Gasteiger partial charge on any atom is -0.477 e. The van der Waals surface area contributed by atoms with Gasteiger partial charge in [-0.3, -0.25) is 9.89 Å². The lowest BCUT2D eigenvalue weighted by molar-refractivity contribution is -0.128. The lowest BCUT2D eigenvalue weighted by Gasteiger charge is -2.36. The molecule has 0 saturated carbocycles. The molecule has 1 aliphatic rings. The molecule has 1 amide bonds. The molecule has 2 heterocycles. The van der Waals surface area contributed by atoms with Crippen LogP contribution in [-0.2, 0) is 11.3 Å². The molecule has 1 aromatic carbocycles. The summed E-state index contributed by atoms with van der Waals surface area (Å²) >= 11 is 0. The smallest absolute Gasteiger partial charge is 0.263 e. The minimum atomic E-state index is -0.511. The maximum atomic E-state index is 12.7. The average Bonchev–Trinajstić information content (AvgIpc) is 3.04. The summed E-state index contributed by atoms with van der Waals surface area (Å²) in [6.07, 6.45) is 3.17. The molecule has 0 bridgehead atoms. The van der Waals surface area contributed by atoms with E-state index in [9.17, 15) is 4.79 Å². The van der Waals surface area contributed by atoms with Gasteiger partial charge in [0.05, 0.1) is 18.4 Å². The van der Waals surface area contributed by atoms with E-state index >= 15 is 0 Å². The van der Waals surface area contributed by atoms with Crippen LogP contribution in [-0.4, -0.2) is 34.8 Å². The highest BCUT2D eigenvalue weighted by Crippen LogP contribution is 2.34. The molecule has 0 fully saturated rings. The molecule has 6 nitrogen and oxygen atoms in total. The number of H-pyrrole nitrogens is 1. The van der Waals surface area contributed by atoms with E-state index in [0.717, 1.165) is 35.5 Å². The third-order valence-corrected chi connectivity index (χ3v) is 4.78. The predicted octanol–water partition coefficient (Wildman–Crippen LogP) is 2.79. The molecule has 1 aromatic heterocycles. The molecular formula is C19H26N4O2. The molecule has 1 unspecified atom stereocenters. The van der Waals surface area contributed by atoms with E-state index < -0.39 is 6.10 Å². The molecule has 0 spiro atoms. The van der Waals surface area contributed by atoms with E-state index in [-0.39, 0.29) is 11.9 Å². The maximum absolute atomic E-state index is 12.7. The Balaban J connectivity index is 1.80. The molecule has 1 atom stereocenters. The van der Waals surface area contributed by atoms with Gasteiger partial charge in [-0.25, -0.2) is 0 Å². The van der Waals surface area contributed by atoms with Crippen LogP contribution in [0.4, 0.5) is 5.69 Å². The topological polar surface area (TPSA) is 70.2 Å². The van der Waals surface area contributed by atoms with E-state index in [4.69, 9.17) is 4.74 Å². The van der Waals surface area contributed by atoms with Crippen LogP contribution in [0, 0.1) is 6.92 Å². The molecule has 3 rings (SSSR count). The molecule has 0 saturated heterocycles. The van der Waals surface area contributed by atoms with E-state index in [2.05, 4.69) is 34.3 Å². The fourth-order valence-corrected chi connectivity index (χ4v) is 3.12. The van der Waals surface area contributed by atoms with Crippen molar-refractivity contribution in [3.05, 3.63) is 41.7 Å². The summed E-state index contributed by atoms with van der Waals surface area (Å²) in [6.45, 7) is 7.38. The zero-order chi connectivity index (χ0) is 17.8. The summed E-state index contributed by atoms with van der Waals surface area (Å²) in [7, 11) is 0. The van der Waals surface area contributed by atoms with Crippen LogP contribution in [0.5, 0.6) is 5.75 Å². The summed E-state index contributed by atoms with van der Waals surface area (Å²) in [4.78, 5) is 14.9. The van der Waals surface area contributed by atoms with Gasteiger partial charge in [0.15, 0.2) is 6.10 Å². The lowest BCUT2D eigenvalue weighted by atomic mass is 10.1. The van der Waals surface area contributed by atoms with Crippen LogP contribution in [0.15, 0.2) is 30.5 Å². The Labute approximate surface area is 148 Å². The van der Waals surface area contributed by atoms with Gasteiger partial charge < -0.3 is 15.0 Å². The number of benzene rings is 1. The second-order valence-corrected chi connectivity index (χ2v) is 6.50. The summed E-state index contributed by atoms with van der Waals surface area (Å²) in [5.74, 6) is 0.705. The van der Waals surface area contributed by atoms with Crippen molar-refractivity contribution in [1.29, 1.82) is 0 Å². The zero-order valence-electron chi connectivity index (χ0n) is 15.1. The van der Waals surface area contributed by atoms with Crippen LogP contribution >= 0.6 is 0 Å². The number of amides is 1. The van der Waals surface area contributed by atoms with E-state index in [1.807, 2.05) is 37.4 Å². The molecular weight excluding hydrogens is 316 g/mol. The third-order valence-electron chi connectivity index (χ3n) is 4.78. The quantitative estimate of drug-likeness (QED) is 0.847. The number of hydrogen-bond acceptors (Lipinski definition) is 4. The number of carbonyl (C=O) groups is 1. The van der Waals surface area contributed by atoms with Gasteiger partial charge >= 0.3 is 0 Å². The zero-order valence-corrected chi connectivity index (χ0v) is 15.1. The van der Waals surface area contributed by atoms with Crippen LogP contribution < -0.4 is 15.0 Å². The van der Waals surface area contributed by atoms with E-state index in [0.29, 0.717) is 13.1 Å².